The summed E-state index contributed by atoms with van der Waals surface area (Å²) in [6.07, 6.45) is 3.61. The van der Waals surface area contributed by atoms with E-state index in [-0.39, 0.29) is 5.69 Å². The normalized spacial score (nSPS) is 13.7. The van der Waals surface area contributed by atoms with Crippen molar-refractivity contribution in [3.63, 3.8) is 0 Å². The highest BCUT2D eigenvalue weighted by molar-refractivity contribution is 6.27. The van der Waals surface area contributed by atoms with Crippen LogP contribution < -0.4 is 4.74 Å². The molecule has 9 nitrogen and oxygen atoms in total. The Bertz CT molecular complexity index is 541. The molecule has 0 unspecified atom stereocenters. The van der Waals surface area contributed by atoms with Crippen LogP contribution in [0.15, 0.2) is 24.3 Å². The molecule has 0 amide bonds. The van der Waals surface area contributed by atoms with E-state index >= 15 is 0 Å². The average molecular weight is 340 g/mol. The second-order valence-electron chi connectivity index (χ2n) is 5.11. The molecule has 0 saturated carbocycles. The largest absolute Gasteiger partial charge is 0.494 e. The molecule has 1 heterocycles. The van der Waals surface area contributed by atoms with Crippen molar-refractivity contribution in [3.05, 3.63) is 34.4 Å². The molecule has 1 aliphatic heterocycles. The third-order valence-electron chi connectivity index (χ3n) is 3.32. The number of carbonyl (C=O) groups is 2. The molecule has 0 spiro atoms. The summed E-state index contributed by atoms with van der Waals surface area (Å²) in [6, 6.07) is 6.23. The molecule has 9 heteroatoms. The number of carboxylic acid groups (broad SMARTS) is 2. The maximum absolute atomic E-state index is 10.5. The third-order valence-corrected chi connectivity index (χ3v) is 3.32. The summed E-state index contributed by atoms with van der Waals surface area (Å²) in [5, 5.41) is 25.3. The van der Waals surface area contributed by atoms with E-state index in [0.29, 0.717) is 12.4 Å². The first-order valence-electron chi connectivity index (χ1n) is 7.46. The topological polar surface area (TPSA) is 130 Å². The SMILES string of the molecule is O=C(O)C(=O)O.O=[N+]([O-])c1ccc(OCCCN2CCCC2)cc1. The van der Waals surface area contributed by atoms with E-state index in [1.807, 2.05) is 0 Å². The van der Waals surface area contributed by atoms with E-state index in [1.54, 1.807) is 12.1 Å². The molecule has 1 aromatic carbocycles. The maximum Gasteiger partial charge on any atom is 0.414 e. The van der Waals surface area contributed by atoms with Gasteiger partial charge in [-0.05, 0) is 44.5 Å². The van der Waals surface area contributed by atoms with Crippen molar-refractivity contribution in [3.8, 4) is 5.75 Å². The number of likely N-dealkylation sites (tertiary alicyclic amines) is 1. The van der Waals surface area contributed by atoms with E-state index in [4.69, 9.17) is 24.5 Å². The van der Waals surface area contributed by atoms with Gasteiger partial charge in [0.25, 0.3) is 5.69 Å². The second kappa shape index (κ2) is 10.2. The van der Waals surface area contributed by atoms with Crippen LogP contribution >= 0.6 is 0 Å². The minimum absolute atomic E-state index is 0.0967. The Morgan fingerprint density at radius 1 is 1.12 bits per heavy atom. The number of nitro groups is 1. The summed E-state index contributed by atoms with van der Waals surface area (Å²) in [5.74, 6) is -2.95. The Morgan fingerprint density at radius 2 is 1.67 bits per heavy atom. The van der Waals surface area contributed by atoms with Gasteiger partial charge in [0.1, 0.15) is 5.75 Å². The Balaban J connectivity index is 0.000000413. The van der Waals surface area contributed by atoms with Gasteiger partial charge in [0, 0.05) is 18.7 Å². The summed E-state index contributed by atoms with van der Waals surface area (Å²) in [5.41, 5.74) is 0.0967. The number of aliphatic carboxylic acids is 2. The zero-order valence-corrected chi connectivity index (χ0v) is 13.1. The predicted octanol–water partition coefficient (Wildman–Crippen LogP) is 1.62. The molecule has 1 aliphatic rings. The van der Waals surface area contributed by atoms with Crippen molar-refractivity contribution >= 4 is 17.6 Å². The van der Waals surface area contributed by atoms with Gasteiger partial charge in [-0.2, -0.15) is 0 Å². The first kappa shape index (κ1) is 19.4. The summed E-state index contributed by atoms with van der Waals surface area (Å²) in [4.78, 5) is 30.7. The number of nitro benzene ring substituents is 1. The highest BCUT2D eigenvalue weighted by atomic mass is 16.6. The van der Waals surface area contributed by atoms with Crippen LogP contribution in [0.5, 0.6) is 5.75 Å². The summed E-state index contributed by atoms with van der Waals surface area (Å²) in [6.45, 7) is 4.15. The summed E-state index contributed by atoms with van der Waals surface area (Å²) >= 11 is 0. The first-order valence-corrected chi connectivity index (χ1v) is 7.46. The molecule has 24 heavy (non-hydrogen) atoms. The zero-order chi connectivity index (χ0) is 17.9. The monoisotopic (exact) mass is 340 g/mol. The number of nitrogens with zero attached hydrogens (tertiary/aromatic N) is 2. The molecule has 0 aliphatic carbocycles. The molecular weight excluding hydrogens is 320 g/mol. The summed E-state index contributed by atoms with van der Waals surface area (Å²) in [7, 11) is 0. The minimum Gasteiger partial charge on any atom is -0.494 e. The average Bonchev–Trinajstić information content (AvgIpc) is 3.06. The van der Waals surface area contributed by atoms with E-state index < -0.39 is 16.9 Å². The molecule has 2 N–H and O–H groups in total. The molecule has 0 radical (unpaired) electrons. The molecular formula is C15H20N2O7. The predicted molar refractivity (Wildman–Crippen MR) is 84.2 cm³/mol. The van der Waals surface area contributed by atoms with E-state index in [2.05, 4.69) is 4.90 Å². The Labute approximate surface area is 138 Å². The smallest absolute Gasteiger partial charge is 0.414 e. The fourth-order valence-corrected chi connectivity index (χ4v) is 2.15. The molecule has 1 fully saturated rings. The second-order valence-corrected chi connectivity index (χ2v) is 5.11. The number of ether oxygens (including phenoxy) is 1. The van der Waals surface area contributed by atoms with Gasteiger partial charge in [-0.15, -0.1) is 0 Å². The lowest BCUT2D eigenvalue weighted by molar-refractivity contribution is -0.384. The molecule has 1 saturated heterocycles. The van der Waals surface area contributed by atoms with Crippen LogP contribution in [0.1, 0.15) is 19.3 Å². The van der Waals surface area contributed by atoms with Crippen LogP contribution in [0, 0.1) is 10.1 Å². The first-order chi connectivity index (χ1) is 11.4. The van der Waals surface area contributed by atoms with Crippen LogP contribution in [0.3, 0.4) is 0 Å². The van der Waals surface area contributed by atoms with Crippen molar-refractivity contribution in [1.29, 1.82) is 0 Å². The zero-order valence-electron chi connectivity index (χ0n) is 13.1. The van der Waals surface area contributed by atoms with Gasteiger partial charge >= 0.3 is 11.9 Å². The number of carboxylic acids is 2. The molecule has 1 aromatic rings. The maximum atomic E-state index is 10.5. The van der Waals surface area contributed by atoms with Gasteiger partial charge in [0.05, 0.1) is 11.5 Å². The third kappa shape index (κ3) is 7.54. The summed E-state index contributed by atoms with van der Waals surface area (Å²) < 4.78 is 5.55. The number of hydrogen-bond donors (Lipinski definition) is 2. The molecule has 132 valence electrons. The van der Waals surface area contributed by atoms with Crippen molar-refractivity contribution < 1.29 is 29.5 Å². The fourth-order valence-electron chi connectivity index (χ4n) is 2.15. The fraction of sp³-hybridized carbons (Fsp3) is 0.467. The molecule has 0 bridgehead atoms. The highest BCUT2D eigenvalue weighted by Crippen LogP contribution is 2.17. The van der Waals surface area contributed by atoms with Crippen LogP contribution in [0.25, 0.3) is 0 Å². The van der Waals surface area contributed by atoms with Gasteiger partial charge in [-0.25, -0.2) is 9.59 Å². The quantitative estimate of drug-likeness (QED) is 0.346. The van der Waals surface area contributed by atoms with Crippen molar-refractivity contribution in [2.45, 2.75) is 19.3 Å². The van der Waals surface area contributed by atoms with Crippen molar-refractivity contribution in [2.24, 2.45) is 0 Å². The van der Waals surface area contributed by atoms with Gasteiger partial charge in [0.2, 0.25) is 0 Å². The number of non-ortho nitro benzene ring substituents is 1. The van der Waals surface area contributed by atoms with Crippen LogP contribution in [0.4, 0.5) is 5.69 Å². The van der Waals surface area contributed by atoms with Crippen molar-refractivity contribution in [2.75, 3.05) is 26.2 Å². The van der Waals surface area contributed by atoms with Crippen LogP contribution in [-0.4, -0.2) is 58.2 Å². The number of hydrogen-bond acceptors (Lipinski definition) is 6. The number of benzene rings is 1. The highest BCUT2D eigenvalue weighted by Gasteiger charge is 2.10. The van der Waals surface area contributed by atoms with E-state index in [9.17, 15) is 10.1 Å². The Morgan fingerprint density at radius 3 is 2.12 bits per heavy atom. The van der Waals surface area contributed by atoms with Gasteiger partial charge in [-0.1, -0.05) is 0 Å². The lowest BCUT2D eigenvalue weighted by atomic mass is 10.3. The van der Waals surface area contributed by atoms with Crippen molar-refractivity contribution in [1.82, 2.24) is 4.90 Å². The molecule has 0 aromatic heterocycles. The van der Waals surface area contributed by atoms with Crippen LogP contribution in [-0.2, 0) is 9.59 Å². The van der Waals surface area contributed by atoms with Crippen LogP contribution in [0.2, 0.25) is 0 Å². The Hall–Kier alpha value is -2.68. The number of rotatable bonds is 6. The van der Waals surface area contributed by atoms with E-state index in [0.717, 1.165) is 13.0 Å². The van der Waals surface area contributed by atoms with Gasteiger partial charge < -0.3 is 19.8 Å². The minimum atomic E-state index is -1.82. The lowest BCUT2D eigenvalue weighted by Crippen LogP contribution is -2.21. The standard InChI is InChI=1S/C13H18N2O3.C2H2O4/c16-15(17)12-4-6-13(7-5-12)18-11-3-10-14-8-1-2-9-14;3-1(4)2(5)6/h4-7H,1-3,8-11H2;(H,3,4)(H,5,6). The molecule has 0 atom stereocenters. The van der Waals surface area contributed by atoms with Gasteiger partial charge in [-0.3, -0.25) is 10.1 Å². The van der Waals surface area contributed by atoms with E-state index in [1.165, 1.54) is 38.1 Å². The Kier molecular flexibility index (Phi) is 8.20. The molecule has 2 rings (SSSR count). The lowest BCUT2D eigenvalue weighted by Gasteiger charge is -2.14. The van der Waals surface area contributed by atoms with Gasteiger partial charge in [0.15, 0.2) is 0 Å².